The number of alkyl carbamates (subject to hydrolysis) is 1. The Morgan fingerprint density at radius 2 is 2.10 bits per heavy atom. The lowest BCUT2D eigenvalue weighted by Gasteiger charge is -2.34. The van der Waals surface area contributed by atoms with Crippen LogP contribution in [-0.2, 0) is 4.74 Å². The molecule has 0 spiro atoms. The third-order valence-electron chi connectivity index (χ3n) is 3.16. The fourth-order valence-corrected chi connectivity index (χ4v) is 2.86. The number of ether oxygens (including phenoxy) is 1. The van der Waals surface area contributed by atoms with Gasteiger partial charge >= 0.3 is 6.09 Å². The van der Waals surface area contributed by atoms with Crippen LogP contribution < -0.4 is 10.2 Å². The normalized spacial score (nSPS) is 16.8. The van der Waals surface area contributed by atoms with Crippen molar-refractivity contribution in [3.8, 4) is 0 Å². The minimum atomic E-state index is -0.441. The van der Waals surface area contributed by atoms with E-state index >= 15 is 0 Å². The Morgan fingerprint density at radius 3 is 2.67 bits per heavy atom. The Labute approximate surface area is 130 Å². The van der Waals surface area contributed by atoms with Crippen molar-refractivity contribution in [1.82, 2.24) is 15.2 Å². The van der Waals surface area contributed by atoms with Crippen molar-refractivity contribution in [1.29, 1.82) is 0 Å². The van der Waals surface area contributed by atoms with Crippen LogP contribution in [0.15, 0.2) is 11.6 Å². The summed E-state index contributed by atoms with van der Waals surface area (Å²) >= 11 is 1.68. The molecule has 7 heteroatoms. The number of thiazole rings is 1. The zero-order chi connectivity index (χ0) is 15.3. The standard InChI is InChI=1S/C14H24N4O2S/c1-14(2,3)20-13(19)16-4-6-17-7-9-18(10-8-17)12-15-5-11-21-12/h5,11H,4,6-10H2,1-3H3,(H,16,19). The second-order valence-corrected chi connectivity index (χ2v) is 6.95. The van der Waals surface area contributed by atoms with Crippen molar-refractivity contribution in [3.05, 3.63) is 11.6 Å². The topological polar surface area (TPSA) is 57.7 Å². The fourth-order valence-electron chi connectivity index (χ4n) is 2.17. The van der Waals surface area contributed by atoms with Crippen molar-refractivity contribution in [2.75, 3.05) is 44.2 Å². The predicted molar refractivity (Wildman–Crippen MR) is 85.0 cm³/mol. The summed E-state index contributed by atoms with van der Waals surface area (Å²) < 4.78 is 5.21. The molecule has 1 N–H and O–H groups in total. The quantitative estimate of drug-likeness (QED) is 0.918. The summed E-state index contributed by atoms with van der Waals surface area (Å²) in [6.07, 6.45) is 1.50. The van der Waals surface area contributed by atoms with Gasteiger partial charge in [0.25, 0.3) is 0 Å². The molecule has 0 radical (unpaired) electrons. The van der Waals surface area contributed by atoms with Crippen molar-refractivity contribution in [2.24, 2.45) is 0 Å². The highest BCUT2D eigenvalue weighted by atomic mass is 32.1. The first kappa shape index (κ1) is 16.0. The molecule has 0 saturated carbocycles. The molecule has 1 aliphatic heterocycles. The number of aromatic nitrogens is 1. The molecule has 21 heavy (non-hydrogen) atoms. The van der Waals surface area contributed by atoms with Crippen LogP contribution in [0.2, 0.25) is 0 Å². The largest absolute Gasteiger partial charge is 0.444 e. The van der Waals surface area contributed by atoms with E-state index in [0.29, 0.717) is 6.54 Å². The van der Waals surface area contributed by atoms with Crippen LogP contribution in [0, 0.1) is 0 Å². The lowest BCUT2D eigenvalue weighted by atomic mass is 10.2. The minimum absolute atomic E-state index is 0.344. The molecule has 0 unspecified atom stereocenters. The van der Waals surface area contributed by atoms with Crippen molar-refractivity contribution in [2.45, 2.75) is 26.4 Å². The van der Waals surface area contributed by atoms with Gasteiger partial charge in [0.15, 0.2) is 5.13 Å². The monoisotopic (exact) mass is 312 g/mol. The molecule has 0 bridgehead atoms. The van der Waals surface area contributed by atoms with E-state index in [1.165, 1.54) is 0 Å². The Hall–Kier alpha value is -1.34. The molecule has 118 valence electrons. The van der Waals surface area contributed by atoms with Gasteiger partial charge in [-0.2, -0.15) is 0 Å². The first-order chi connectivity index (χ1) is 9.94. The molecule has 6 nitrogen and oxygen atoms in total. The number of nitrogens with one attached hydrogen (secondary N) is 1. The van der Waals surface area contributed by atoms with Gasteiger partial charge in [0, 0.05) is 50.8 Å². The van der Waals surface area contributed by atoms with E-state index < -0.39 is 5.60 Å². The number of amides is 1. The van der Waals surface area contributed by atoms with Gasteiger partial charge in [0.2, 0.25) is 0 Å². The zero-order valence-electron chi connectivity index (χ0n) is 13.0. The molecular formula is C14H24N4O2S. The van der Waals surface area contributed by atoms with Gasteiger partial charge in [-0.15, -0.1) is 11.3 Å². The molecule has 2 heterocycles. The summed E-state index contributed by atoms with van der Waals surface area (Å²) in [5.41, 5.74) is -0.441. The summed E-state index contributed by atoms with van der Waals surface area (Å²) in [5.74, 6) is 0. The highest BCUT2D eigenvalue weighted by molar-refractivity contribution is 7.13. The summed E-state index contributed by atoms with van der Waals surface area (Å²) in [4.78, 5) is 20.5. The fraction of sp³-hybridized carbons (Fsp3) is 0.714. The smallest absolute Gasteiger partial charge is 0.407 e. The average Bonchev–Trinajstić information content (AvgIpc) is 2.91. The summed E-state index contributed by atoms with van der Waals surface area (Å²) in [6, 6.07) is 0. The molecule has 2 rings (SSSR count). The van der Waals surface area contributed by atoms with Crippen LogP contribution in [0.5, 0.6) is 0 Å². The number of carbonyl (C=O) groups is 1. The van der Waals surface area contributed by atoms with Gasteiger partial charge in [0.05, 0.1) is 0 Å². The van der Waals surface area contributed by atoms with Gasteiger partial charge in [-0.1, -0.05) is 0 Å². The van der Waals surface area contributed by atoms with Crippen LogP contribution >= 0.6 is 11.3 Å². The van der Waals surface area contributed by atoms with E-state index in [2.05, 4.69) is 20.1 Å². The van der Waals surface area contributed by atoms with Crippen LogP contribution in [0.1, 0.15) is 20.8 Å². The van der Waals surface area contributed by atoms with Crippen LogP contribution in [-0.4, -0.2) is 60.8 Å². The molecule has 1 aromatic rings. The second-order valence-electron chi connectivity index (χ2n) is 6.07. The zero-order valence-corrected chi connectivity index (χ0v) is 13.8. The Kier molecular flexibility index (Phi) is 5.41. The molecule has 0 aliphatic carbocycles. The first-order valence-corrected chi connectivity index (χ1v) is 8.16. The third kappa shape index (κ3) is 5.51. The maximum absolute atomic E-state index is 11.5. The Morgan fingerprint density at radius 1 is 1.38 bits per heavy atom. The first-order valence-electron chi connectivity index (χ1n) is 7.28. The molecule has 1 saturated heterocycles. The molecule has 1 aromatic heterocycles. The lowest BCUT2D eigenvalue weighted by Crippen LogP contribution is -2.48. The maximum Gasteiger partial charge on any atom is 0.407 e. The molecule has 0 atom stereocenters. The number of hydrogen-bond donors (Lipinski definition) is 1. The number of carbonyl (C=O) groups excluding carboxylic acids is 1. The number of piperazine rings is 1. The van der Waals surface area contributed by atoms with E-state index in [4.69, 9.17) is 4.74 Å². The molecule has 1 aliphatic rings. The van der Waals surface area contributed by atoms with E-state index in [-0.39, 0.29) is 6.09 Å². The average molecular weight is 312 g/mol. The second kappa shape index (κ2) is 7.09. The summed E-state index contributed by atoms with van der Waals surface area (Å²) in [7, 11) is 0. The van der Waals surface area contributed by atoms with Crippen molar-refractivity contribution < 1.29 is 9.53 Å². The predicted octanol–water partition coefficient (Wildman–Crippen LogP) is 1.79. The molecular weight excluding hydrogens is 288 g/mol. The Balaban J connectivity index is 1.62. The number of anilines is 1. The van der Waals surface area contributed by atoms with E-state index in [0.717, 1.165) is 37.9 Å². The SMILES string of the molecule is CC(C)(C)OC(=O)NCCN1CCN(c2nccs2)CC1. The van der Waals surface area contributed by atoms with Crippen molar-refractivity contribution in [3.63, 3.8) is 0 Å². The van der Waals surface area contributed by atoms with E-state index in [9.17, 15) is 4.79 Å². The summed E-state index contributed by atoms with van der Waals surface area (Å²) in [5, 5.41) is 5.90. The lowest BCUT2D eigenvalue weighted by molar-refractivity contribution is 0.0521. The van der Waals surface area contributed by atoms with Crippen LogP contribution in [0.4, 0.5) is 9.93 Å². The van der Waals surface area contributed by atoms with Crippen LogP contribution in [0.25, 0.3) is 0 Å². The third-order valence-corrected chi connectivity index (χ3v) is 3.99. The number of nitrogens with zero attached hydrogens (tertiary/aromatic N) is 3. The van der Waals surface area contributed by atoms with E-state index in [1.54, 1.807) is 11.3 Å². The van der Waals surface area contributed by atoms with Crippen molar-refractivity contribution >= 4 is 22.6 Å². The van der Waals surface area contributed by atoms with Gasteiger partial charge in [-0.3, -0.25) is 4.90 Å². The number of rotatable bonds is 4. The number of hydrogen-bond acceptors (Lipinski definition) is 6. The highest BCUT2D eigenvalue weighted by Crippen LogP contribution is 2.18. The van der Waals surface area contributed by atoms with Crippen LogP contribution in [0.3, 0.4) is 0 Å². The molecule has 1 fully saturated rings. The van der Waals surface area contributed by atoms with Gasteiger partial charge < -0.3 is 15.0 Å². The highest BCUT2D eigenvalue weighted by Gasteiger charge is 2.19. The minimum Gasteiger partial charge on any atom is -0.444 e. The van der Waals surface area contributed by atoms with Gasteiger partial charge in [-0.05, 0) is 20.8 Å². The van der Waals surface area contributed by atoms with E-state index in [1.807, 2.05) is 32.3 Å². The van der Waals surface area contributed by atoms with Gasteiger partial charge in [0.1, 0.15) is 5.60 Å². The Bertz CT molecular complexity index is 436. The van der Waals surface area contributed by atoms with Gasteiger partial charge in [-0.25, -0.2) is 9.78 Å². The molecule has 1 amide bonds. The summed E-state index contributed by atoms with van der Waals surface area (Å²) in [6.45, 7) is 11.0. The maximum atomic E-state index is 11.5. The molecule has 0 aromatic carbocycles.